The molecule has 0 radical (unpaired) electrons. The first-order valence-electron chi connectivity index (χ1n) is 6.36. The van der Waals surface area contributed by atoms with Crippen molar-refractivity contribution < 1.29 is 0 Å². The lowest BCUT2D eigenvalue weighted by Crippen LogP contribution is -2.35. The molecule has 0 fully saturated rings. The first-order valence-corrected chi connectivity index (χ1v) is 7.35. The van der Waals surface area contributed by atoms with Gasteiger partial charge in [-0.25, -0.2) is 9.78 Å². The molecule has 3 aromatic rings. The molecule has 0 spiro atoms. The Balaban J connectivity index is 1.84. The van der Waals surface area contributed by atoms with Crippen LogP contribution in [0.2, 0.25) is 0 Å². The molecule has 0 aliphatic rings. The minimum atomic E-state index is -0.390. The Morgan fingerprint density at radius 2 is 2.05 bits per heavy atom. The maximum absolute atomic E-state index is 12.3. The Bertz CT molecular complexity index is 873. The van der Waals surface area contributed by atoms with Gasteiger partial charge in [-0.15, -0.1) is 11.8 Å². The Hall–Kier alpha value is -2.41. The summed E-state index contributed by atoms with van der Waals surface area (Å²) in [6.45, 7) is 0.320. The normalized spacial score (nSPS) is 10.9. The van der Waals surface area contributed by atoms with Gasteiger partial charge in [0, 0.05) is 24.7 Å². The first-order chi connectivity index (χ1) is 10.3. The van der Waals surface area contributed by atoms with Crippen LogP contribution in [-0.2, 0) is 6.54 Å². The standard InChI is InChI=1S/C14H12N4O2S/c19-13-10-3-1-2-4-11(10)17-14(20)18(13)7-8-21-12-9-15-5-6-16-12/h1-6,9H,7-8H2,(H,17,20). The van der Waals surface area contributed by atoms with Gasteiger partial charge in [-0.2, -0.15) is 0 Å². The lowest BCUT2D eigenvalue weighted by Gasteiger charge is -2.05. The van der Waals surface area contributed by atoms with Crippen LogP contribution in [0, 0.1) is 0 Å². The molecule has 6 nitrogen and oxygen atoms in total. The van der Waals surface area contributed by atoms with Gasteiger partial charge in [-0.1, -0.05) is 12.1 Å². The number of nitrogens with zero attached hydrogens (tertiary/aromatic N) is 3. The molecule has 0 aliphatic carbocycles. The molecule has 0 aliphatic heterocycles. The van der Waals surface area contributed by atoms with Crippen molar-refractivity contribution in [1.82, 2.24) is 19.5 Å². The molecule has 2 heterocycles. The summed E-state index contributed by atoms with van der Waals surface area (Å²) in [5, 5.41) is 1.28. The average molecular weight is 300 g/mol. The molecule has 3 rings (SSSR count). The van der Waals surface area contributed by atoms with E-state index in [1.165, 1.54) is 16.3 Å². The van der Waals surface area contributed by atoms with E-state index in [1.807, 2.05) is 0 Å². The summed E-state index contributed by atoms with van der Waals surface area (Å²) in [6.07, 6.45) is 4.86. The van der Waals surface area contributed by atoms with Gasteiger partial charge in [0.2, 0.25) is 0 Å². The van der Waals surface area contributed by atoms with Crippen molar-refractivity contribution in [3.63, 3.8) is 0 Å². The van der Waals surface area contributed by atoms with E-state index in [9.17, 15) is 9.59 Å². The molecular weight excluding hydrogens is 288 g/mol. The van der Waals surface area contributed by atoms with Gasteiger partial charge >= 0.3 is 5.69 Å². The molecule has 1 aromatic carbocycles. The van der Waals surface area contributed by atoms with Gasteiger partial charge in [0.1, 0.15) is 5.03 Å². The Morgan fingerprint density at radius 3 is 2.86 bits per heavy atom. The van der Waals surface area contributed by atoms with Crippen molar-refractivity contribution >= 4 is 22.7 Å². The zero-order chi connectivity index (χ0) is 14.7. The Kier molecular flexibility index (Phi) is 3.83. The van der Waals surface area contributed by atoms with E-state index >= 15 is 0 Å². The fourth-order valence-corrected chi connectivity index (χ4v) is 2.76. The molecule has 106 valence electrons. The zero-order valence-corrected chi connectivity index (χ0v) is 11.8. The number of hydrogen-bond donors (Lipinski definition) is 1. The van der Waals surface area contributed by atoms with E-state index in [0.29, 0.717) is 23.2 Å². The van der Waals surface area contributed by atoms with Crippen LogP contribution in [0.4, 0.5) is 0 Å². The van der Waals surface area contributed by atoms with Crippen LogP contribution in [0.15, 0.2) is 57.5 Å². The largest absolute Gasteiger partial charge is 0.328 e. The highest BCUT2D eigenvalue weighted by molar-refractivity contribution is 7.99. The van der Waals surface area contributed by atoms with Gasteiger partial charge in [0.25, 0.3) is 5.56 Å². The highest BCUT2D eigenvalue weighted by Crippen LogP contribution is 2.12. The van der Waals surface area contributed by atoms with Crippen molar-refractivity contribution in [2.75, 3.05) is 5.75 Å². The quantitative estimate of drug-likeness (QED) is 0.734. The second-order valence-corrected chi connectivity index (χ2v) is 5.44. The lowest BCUT2D eigenvalue weighted by molar-refractivity contribution is 0.690. The zero-order valence-electron chi connectivity index (χ0n) is 11.0. The molecule has 0 saturated carbocycles. The van der Waals surface area contributed by atoms with Gasteiger partial charge in [0.05, 0.1) is 17.1 Å². The highest BCUT2D eigenvalue weighted by Gasteiger charge is 2.07. The van der Waals surface area contributed by atoms with Gasteiger partial charge in [-0.3, -0.25) is 14.3 Å². The predicted octanol–water partition coefficient (Wildman–Crippen LogP) is 1.27. The third-order valence-corrected chi connectivity index (χ3v) is 3.89. The molecule has 7 heteroatoms. The number of hydrogen-bond acceptors (Lipinski definition) is 5. The summed E-state index contributed by atoms with van der Waals surface area (Å²) in [4.78, 5) is 35.1. The molecule has 0 saturated heterocycles. The second-order valence-electron chi connectivity index (χ2n) is 4.32. The van der Waals surface area contributed by atoms with E-state index in [-0.39, 0.29) is 5.56 Å². The van der Waals surface area contributed by atoms with Crippen LogP contribution in [0.25, 0.3) is 10.9 Å². The summed E-state index contributed by atoms with van der Waals surface area (Å²) < 4.78 is 1.21. The van der Waals surface area contributed by atoms with Gasteiger partial charge < -0.3 is 4.98 Å². The number of H-pyrrole nitrogens is 1. The molecule has 0 amide bonds. The average Bonchev–Trinajstić information content (AvgIpc) is 2.51. The monoisotopic (exact) mass is 300 g/mol. The fourth-order valence-electron chi connectivity index (χ4n) is 2.00. The number of aromatic amines is 1. The number of thioether (sulfide) groups is 1. The number of aromatic nitrogens is 4. The lowest BCUT2D eigenvalue weighted by atomic mass is 10.2. The third kappa shape index (κ3) is 2.87. The van der Waals surface area contributed by atoms with Crippen LogP contribution in [0.5, 0.6) is 0 Å². The Morgan fingerprint density at radius 1 is 1.19 bits per heavy atom. The summed E-state index contributed by atoms with van der Waals surface area (Å²) in [5.41, 5.74) is -0.0992. The van der Waals surface area contributed by atoms with E-state index in [0.717, 1.165) is 5.03 Å². The van der Waals surface area contributed by atoms with E-state index in [2.05, 4.69) is 15.0 Å². The molecule has 0 bridgehead atoms. The van der Waals surface area contributed by atoms with Crippen molar-refractivity contribution in [3.8, 4) is 0 Å². The van der Waals surface area contributed by atoms with Gasteiger partial charge in [0.15, 0.2) is 0 Å². The van der Waals surface area contributed by atoms with Crippen LogP contribution < -0.4 is 11.2 Å². The number of para-hydroxylation sites is 1. The van der Waals surface area contributed by atoms with Crippen LogP contribution in [-0.4, -0.2) is 25.3 Å². The highest BCUT2D eigenvalue weighted by atomic mass is 32.2. The summed E-state index contributed by atoms with van der Waals surface area (Å²) >= 11 is 1.45. The van der Waals surface area contributed by atoms with E-state index in [4.69, 9.17) is 0 Å². The van der Waals surface area contributed by atoms with Crippen molar-refractivity contribution in [2.45, 2.75) is 11.6 Å². The van der Waals surface area contributed by atoms with Crippen molar-refractivity contribution in [1.29, 1.82) is 0 Å². The van der Waals surface area contributed by atoms with Crippen LogP contribution >= 0.6 is 11.8 Å². The molecule has 0 atom stereocenters. The predicted molar refractivity (Wildman–Crippen MR) is 81.6 cm³/mol. The minimum absolute atomic E-state index is 0.269. The molecule has 2 aromatic heterocycles. The van der Waals surface area contributed by atoms with Crippen LogP contribution in [0.1, 0.15) is 0 Å². The van der Waals surface area contributed by atoms with Gasteiger partial charge in [-0.05, 0) is 12.1 Å². The molecule has 21 heavy (non-hydrogen) atoms. The summed E-state index contributed by atoms with van der Waals surface area (Å²) in [5.74, 6) is 0.569. The summed E-state index contributed by atoms with van der Waals surface area (Å²) in [6, 6.07) is 6.99. The molecule has 0 unspecified atom stereocenters. The Labute approximate surface area is 123 Å². The molecular formula is C14H12N4O2S. The van der Waals surface area contributed by atoms with Crippen molar-refractivity contribution in [2.24, 2.45) is 0 Å². The summed E-state index contributed by atoms with van der Waals surface area (Å²) in [7, 11) is 0. The maximum atomic E-state index is 12.3. The van der Waals surface area contributed by atoms with Crippen LogP contribution in [0.3, 0.4) is 0 Å². The third-order valence-electron chi connectivity index (χ3n) is 2.99. The topological polar surface area (TPSA) is 80.6 Å². The fraction of sp³-hybridized carbons (Fsp3) is 0.143. The minimum Gasteiger partial charge on any atom is -0.307 e. The first kappa shape index (κ1) is 13.6. The second kappa shape index (κ2) is 5.92. The SMILES string of the molecule is O=c1[nH]c2ccccc2c(=O)n1CCSc1cnccn1. The number of nitrogens with one attached hydrogen (secondary N) is 1. The van der Waals surface area contributed by atoms with E-state index < -0.39 is 5.69 Å². The number of rotatable bonds is 4. The number of benzene rings is 1. The smallest absolute Gasteiger partial charge is 0.307 e. The van der Waals surface area contributed by atoms with Crippen molar-refractivity contribution in [3.05, 3.63) is 63.7 Å². The number of fused-ring (bicyclic) bond motifs is 1. The van der Waals surface area contributed by atoms with E-state index in [1.54, 1.807) is 42.9 Å². The maximum Gasteiger partial charge on any atom is 0.328 e. The molecule has 1 N–H and O–H groups in total.